The van der Waals surface area contributed by atoms with Crippen LogP contribution in [0.5, 0.6) is 5.75 Å². The third-order valence-corrected chi connectivity index (χ3v) is 9.46. The molecular formula is C16H27ClN2O3Si. The van der Waals surface area contributed by atoms with Crippen molar-refractivity contribution in [1.82, 2.24) is 9.78 Å². The molecule has 1 aliphatic carbocycles. The maximum absolute atomic E-state index is 12.1. The SMILES string of the molecule is CC(C)(C)[Si](C)(C)OCCn1nc(Cl)c(OCC2CC2)cc1=O. The van der Waals surface area contributed by atoms with Crippen LogP contribution >= 0.6 is 11.6 Å². The Morgan fingerprint density at radius 3 is 2.61 bits per heavy atom. The van der Waals surface area contributed by atoms with Gasteiger partial charge in [0.15, 0.2) is 19.2 Å². The van der Waals surface area contributed by atoms with Gasteiger partial charge in [0.2, 0.25) is 0 Å². The highest BCUT2D eigenvalue weighted by molar-refractivity contribution is 6.74. The highest BCUT2D eigenvalue weighted by Crippen LogP contribution is 2.36. The van der Waals surface area contributed by atoms with E-state index in [-0.39, 0.29) is 15.8 Å². The van der Waals surface area contributed by atoms with Crippen molar-refractivity contribution in [2.24, 2.45) is 5.92 Å². The maximum Gasteiger partial charge on any atom is 0.270 e. The molecule has 130 valence electrons. The van der Waals surface area contributed by atoms with E-state index in [0.717, 1.165) is 0 Å². The molecule has 1 heterocycles. The number of aromatic nitrogens is 2. The van der Waals surface area contributed by atoms with Gasteiger partial charge in [-0.2, -0.15) is 5.10 Å². The topological polar surface area (TPSA) is 53.4 Å². The van der Waals surface area contributed by atoms with E-state index in [0.29, 0.717) is 31.4 Å². The Morgan fingerprint density at radius 2 is 2.04 bits per heavy atom. The van der Waals surface area contributed by atoms with Gasteiger partial charge >= 0.3 is 0 Å². The number of nitrogens with zero attached hydrogens (tertiary/aromatic N) is 2. The highest BCUT2D eigenvalue weighted by atomic mass is 35.5. The van der Waals surface area contributed by atoms with E-state index in [4.69, 9.17) is 20.8 Å². The second-order valence-electron chi connectivity index (χ2n) is 7.72. The molecule has 0 N–H and O–H groups in total. The number of ether oxygens (including phenoxy) is 1. The van der Waals surface area contributed by atoms with Crippen LogP contribution in [0.3, 0.4) is 0 Å². The van der Waals surface area contributed by atoms with Crippen molar-refractivity contribution < 1.29 is 9.16 Å². The Balaban J connectivity index is 1.95. The van der Waals surface area contributed by atoms with Gasteiger partial charge in [-0.15, -0.1) is 0 Å². The van der Waals surface area contributed by atoms with Crippen LogP contribution in [0.15, 0.2) is 10.9 Å². The summed E-state index contributed by atoms with van der Waals surface area (Å²) >= 11 is 6.12. The lowest BCUT2D eigenvalue weighted by Gasteiger charge is -2.36. The molecule has 1 fully saturated rings. The minimum atomic E-state index is -1.82. The second kappa shape index (κ2) is 6.95. The molecule has 1 aliphatic rings. The predicted octanol–water partition coefficient (Wildman–Crippen LogP) is 3.71. The lowest BCUT2D eigenvalue weighted by molar-refractivity contribution is 0.260. The van der Waals surface area contributed by atoms with Crippen LogP contribution < -0.4 is 10.3 Å². The Hall–Kier alpha value is -0.853. The van der Waals surface area contributed by atoms with E-state index in [2.05, 4.69) is 39.0 Å². The normalized spacial score (nSPS) is 15.7. The van der Waals surface area contributed by atoms with Gasteiger partial charge in [0.05, 0.1) is 25.8 Å². The van der Waals surface area contributed by atoms with Crippen molar-refractivity contribution >= 4 is 19.9 Å². The zero-order valence-corrected chi connectivity index (χ0v) is 16.4. The zero-order valence-electron chi connectivity index (χ0n) is 14.7. The summed E-state index contributed by atoms with van der Waals surface area (Å²) in [4.78, 5) is 12.1. The third kappa shape index (κ3) is 5.06. The summed E-state index contributed by atoms with van der Waals surface area (Å²) in [7, 11) is -1.82. The molecule has 1 saturated carbocycles. The van der Waals surface area contributed by atoms with Crippen molar-refractivity contribution in [3.05, 3.63) is 21.6 Å². The molecular weight excluding hydrogens is 332 g/mol. The fourth-order valence-electron chi connectivity index (χ4n) is 1.81. The van der Waals surface area contributed by atoms with E-state index in [1.165, 1.54) is 23.6 Å². The van der Waals surface area contributed by atoms with Crippen molar-refractivity contribution in [3.8, 4) is 5.75 Å². The molecule has 0 radical (unpaired) electrons. The average molecular weight is 359 g/mol. The van der Waals surface area contributed by atoms with Gasteiger partial charge < -0.3 is 9.16 Å². The number of hydrogen-bond acceptors (Lipinski definition) is 4. The molecule has 7 heteroatoms. The summed E-state index contributed by atoms with van der Waals surface area (Å²) in [5.41, 5.74) is -0.209. The fraction of sp³-hybridized carbons (Fsp3) is 0.750. The molecule has 2 rings (SSSR count). The predicted molar refractivity (Wildman–Crippen MR) is 94.9 cm³/mol. The molecule has 0 bridgehead atoms. The Labute approximate surface area is 144 Å². The standard InChI is InChI=1S/C16H27ClN2O3Si/c1-16(2,3)23(4,5)22-9-8-19-14(20)10-13(15(17)18-19)21-11-12-6-7-12/h10,12H,6-9,11H2,1-5H3. The lowest BCUT2D eigenvalue weighted by Crippen LogP contribution is -2.42. The van der Waals surface area contributed by atoms with Gasteiger partial charge in [-0.1, -0.05) is 32.4 Å². The van der Waals surface area contributed by atoms with E-state index in [1.807, 2.05) is 0 Å². The first kappa shape index (κ1) is 18.5. The smallest absolute Gasteiger partial charge is 0.270 e. The molecule has 0 amide bonds. The molecule has 1 aromatic heterocycles. The van der Waals surface area contributed by atoms with Crippen LogP contribution in [0.2, 0.25) is 23.3 Å². The first-order chi connectivity index (χ1) is 10.6. The van der Waals surface area contributed by atoms with Crippen LogP contribution in [0, 0.1) is 5.92 Å². The molecule has 1 aromatic rings. The Kier molecular flexibility index (Phi) is 5.58. The van der Waals surface area contributed by atoms with Crippen molar-refractivity contribution in [1.29, 1.82) is 0 Å². The maximum atomic E-state index is 12.1. The number of halogens is 1. The molecule has 5 nitrogen and oxygen atoms in total. The zero-order chi connectivity index (χ0) is 17.3. The number of hydrogen-bond donors (Lipinski definition) is 0. The Bertz CT molecular complexity index is 606. The molecule has 0 aliphatic heterocycles. The molecule has 0 saturated heterocycles. The van der Waals surface area contributed by atoms with Gasteiger partial charge in [0.1, 0.15) is 0 Å². The van der Waals surface area contributed by atoms with Gasteiger partial charge in [0.25, 0.3) is 5.56 Å². The first-order valence-corrected chi connectivity index (χ1v) is 11.4. The molecule has 0 atom stereocenters. The van der Waals surface area contributed by atoms with Crippen LogP contribution in [0.1, 0.15) is 33.6 Å². The quantitative estimate of drug-likeness (QED) is 0.697. The molecule has 0 aromatic carbocycles. The summed E-state index contributed by atoms with van der Waals surface area (Å²) in [6.07, 6.45) is 2.37. The van der Waals surface area contributed by atoms with Gasteiger partial charge in [-0.25, -0.2) is 4.68 Å². The minimum Gasteiger partial charge on any atom is -0.490 e. The van der Waals surface area contributed by atoms with Crippen molar-refractivity contribution in [3.63, 3.8) is 0 Å². The molecule has 23 heavy (non-hydrogen) atoms. The van der Waals surface area contributed by atoms with Gasteiger partial charge in [-0.3, -0.25) is 4.79 Å². The van der Waals surface area contributed by atoms with E-state index in [9.17, 15) is 4.79 Å². The van der Waals surface area contributed by atoms with Crippen LogP contribution in [0.4, 0.5) is 0 Å². The summed E-state index contributed by atoms with van der Waals surface area (Å²) < 4.78 is 13.0. The number of rotatable bonds is 7. The van der Waals surface area contributed by atoms with Gasteiger partial charge in [-0.05, 0) is 36.9 Å². The fourth-order valence-corrected chi connectivity index (χ4v) is 3.04. The first-order valence-electron chi connectivity index (χ1n) is 8.14. The summed E-state index contributed by atoms with van der Waals surface area (Å²) in [6, 6.07) is 1.42. The van der Waals surface area contributed by atoms with E-state index >= 15 is 0 Å². The second-order valence-corrected chi connectivity index (χ2v) is 12.9. The monoisotopic (exact) mass is 358 g/mol. The Morgan fingerprint density at radius 1 is 1.39 bits per heavy atom. The summed E-state index contributed by atoms with van der Waals surface area (Å²) in [6.45, 7) is 12.4. The molecule has 0 spiro atoms. The van der Waals surface area contributed by atoms with E-state index in [1.54, 1.807) is 0 Å². The minimum absolute atomic E-state index is 0.142. The van der Waals surface area contributed by atoms with E-state index < -0.39 is 8.32 Å². The highest BCUT2D eigenvalue weighted by Gasteiger charge is 2.36. The van der Waals surface area contributed by atoms with Crippen LogP contribution in [-0.4, -0.2) is 31.3 Å². The average Bonchev–Trinajstić information content (AvgIpc) is 3.23. The van der Waals surface area contributed by atoms with Crippen molar-refractivity contribution in [2.75, 3.05) is 13.2 Å². The van der Waals surface area contributed by atoms with Gasteiger partial charge in [0, 0.05) is 0 Å². The van der Waals surface area contributed by atoms with Crippen LogP contribution in [0.25, 0.3) is 0 Å². The van der Waals surface area contributed by atoms with Crippen LogP contribution in [-0.2, 0) is 11.0 Å². The summed E-state index contributed by atoms with van der Waals surface area (Å²) in [5.74, 6) is 0.983. The molecule has 0 unspecified atom stereocenters. The van der Waals surface area contributed by atoms with Crippen molar-refractivity contribution in [2.45, 2.75) is 58.3 Å². The largest absolute Gasteiger partial charge is 0.490 e. The summed E-state index contributed by atoms with van der Waals surface area (Å²) in [5, 5.41) is 4.51. The lowest BCUT2D eigenvalue weighted by atomic mass is 10.2. The third-order valence-electron chi connectivity index (χ3n) is 4.66.